The zero-order valence-electron chi connectivity index (χ0n) is 14.8. The van der Waals surface area contributed by atoms with Crippen LogP contribution in [-0.4, -0.2) is 29.1 Å². The van der Waals surface area contributed by atoms with E-state index in [-0.39, 0.29) is 18.4 Å². The third-order valence-electron chi connectivity index (χ3n) is 3.50. The van der Waals surface area contributed by atoms with E-state index >= 15 is 0 Å². The zero-order valence-corrected chi connectivity index (χ0v) is 14.8. The summed E-state index contributed by atoms with van der Waals surface area (Å²) in [5.41, 5.74) is 2.46. The third-order valence-corrected chi connectivity index (χ3v) is 3.50. The van der Waals surface area contributed by atoms with Crippen LogP contribution in [0.1, 0.15) is 45.2 Å². The van der Waals surface area contributed by atoms with Gasteiger partial charge >= 0.3 is 11.9 Å². The average Bonchev–Trinajstić information content (AvgIpc) is 2.86. The van der Waals surface area contributed by atoms with Crippen molar-refractivity contribution in [1.82, 2.24) is 4.98 Å². The number of esters is 2. The Labute approximate surface area is 142 Å². The summed E-state index contributed by atoms with van der Waals surface area (Å²) < 4.78 is 10.3. The Balaban J connectivity index is 2.08. The van der Waals surface area contributed by atoms with Gasteiger partial charge in [-0.25, -0.2) is 0 Å². The van der Waals surface area contributed by atoms with Gasteiger partial charge < -0.3 is 14.5 Å². The molecule has 130 valence electrons. The minimum Gasteiger partial charge on any atom is -0.466 e. The molecule has 1 N–H and O–H groups in total. The van der Waals surface area contributed by atoms with Crippen molar-refractivity contribution in [2.24, 2.45) is 0 Å². The molecular formula is C19H25NO4. The van der Waals surface area contributed by atoms with E-state index in [4.69, 9.17) is 9.47 Å². The highest BCUT2D eigenvalue weighted by Gasteiger charge is 2.16. The second-order valence-electron chi connectivity index (χ2n) is 6.76. The number of aromatic amines is 1. The first kappa shape index (κ1) is 18.0. The van der Waals surface area contributed by atoms with Crippen molar-refractivity contribution in [2.75, 3.05) is 6.61 Å². The first-order valence-electron chi connectivity index (χ1n) is 8.25. The van der Waals surface area contributed by atoms with Crippen LogP contribution >= 0.6 is 0 Å². The van der Waals surface area contributed by atoms with Gasteiger partial charge in [-0.05, 0) is 57.4 Å². The van der Waals surface area contributed by atoms with Gasteiger partial charge in [-0.3, -0.25) is 9.59 Å². The van der Waals surface area contributed by atoms with Crippen molar-refractivity contribution < 1.29 is 19.1 Å². The van der Waals surface area contributed by atoms with E-state index in [0.29, 0.717) is 19.4 Å². The second kappa shape index (κ2) is 7.51. The molecule has 0 aliphatic heterocycles. The molecule has 5 nitrogen and oxygen atoms in total. The summed E-state index contributed by atoms with van der Waals surface area (Å²) in [6, 6.07) is 5.83. The Morgan fingerprint density at radius 3 is 2.58 bits per heavy atom. The molecule has 1 heterocycles. The molecule has 1 aromatic carbocycles. The van der Waals surface area contributed by atoms with E-state index < -0.39 is 5.60 Å². The smallest absolute Gasteiger partial charge is 0.310 e. The molecule has 0 radical (unpaired) electrons. The summed E-state index contributed by atoms with van der Waals surface area (Å²) in [6.45, 7) is 7.75. The van der Waals surface area contributed by atoms with Gasteiger partial charge in [-0.2, -0.15) is 0 Å². The van der Waals surface area contributed by atoms with Gasteiger partial charge in [0, 0.05) is 23.5 Å². The maximum absolute atomic E-state index is 11.9. The van der Waals surface area contributed by atoms with Crippen LogP contribution in [0.25, 0.3) is 10.9 Å². The lowest BCUT2D eigenvalue weighted by molar-refractivity contribution is -0.154. The molecule has 0 aliphatic rings. The highest BCUT2D eigenvalue weighted by atomic mass is 16.6. The predicted molar refractivity (Wildman–Crippen MR) is 92.8 cm³/mol. The van der Waals surface area contributed by atoms with Gasteiger partial charge in [0.1, 0.15) is 5.60 Å². The standard InChI is InChI=1S/C19H25NO4/c1-5-23-18(22)11-13-6-8-16-15(10-13)14(12-20-16)7-9-17(21)24-19(2,3)4/h6,8,10,12,20H,5,7,9,11H2,1-4H3. The molecule has 0 bridgehead atoms. The number of hydrogen-bond donors (Lipinski definition) is 1. The zero-order chi connectivity index (χ0) is 17.7. The first-order chi connectivity index (χ1) is 11.3. The highest BCUT2D eigenvalue weighted by molar-refractivity contribution is 5.85. The average molecular weight is 331 g/mol. The van der Waals surface area contributed by atoms with Gasteiger partial charge in [0.25, 0.3) is 0 Å². The van der Waals surface area contributed by atoms with Crippen LogP contribution in [0.4, 0.5) is 0 Å². The van der Waals surface area contributed by atoms with E-state index in [1.165, 1.54) is 0 Å². The van der Waals surface area contributed by atoms with Gasteiger partial charge in [0.05, 0.1) is 13.0 Å². The van der Waals surface area contributed by atoms with Crippen molar-refractivity contribution in [2.45, 2.75) is 52.6 Å². The number of aromatic nitrogens is 1. The maximum atomic E-state index is 11.9. The summed E-state index contributed by atoms with van der Waals surface area (Å²) in [7, 11) is 0. The van der Waals surface area contributed by atoms with Crippen LogP contribution in [0.5, 0.6) is 0 Å². The van der Waals surface area contributed by atoms with Crippen molar-refractivity contribution in [1.29, 1.82) is 0 Å². The summed E-state index contributed by atoms with van der Waals surface area (Å²) >= 11 is 0. The number of aryl methyl sites for hydroxylation is 1. The van der Waals surface area contributed by atoms with Crippen LogP contribution in [0.2, 0.25) is 0 Å². The Hall–Kier alpha value is -2.30. The molecule has 0 fully saturated rings. The minimum atomic E-state index is -0.468. The maximum Gasteiger partial charge on any atom is 0.310 e. The molecule has 2 aromatic rings. The van der Waals surface area contributed by atoms with Crippen LogP contribution in [0.15, 0.2) is 24.4 Å². The monoisotopic (exact) mass is 331 g/mol. The van der Waals surface area contributed by atoms with Gasteiger partial charge in [0.2, 0.25) is 0 Å². The molecule has 0 aliphatic carbocycles. The fourth-order valence-electron chi connectivity index (χ4n) is 2.55. The number of rotatable bonds is 6. The quantitative estimate of drug-likeness (QED) is 0.822. The first-order valence-corrected chi connectivity index (χ1v) is 8.25. The van der Waals surface area contributed by atoms with Crippen molar-refractivity contribution >= 4 is 22.8 Å². The number of hydrogen-bond acceptors (Lipinski definition) is 4. The molecule has 0 unspecified atom stereocenters. The molecular weight excluding hydrogens is 306 g/mol. The number of nitrogens with one attached hydrogen (secondary N) is 1. The number of carbonyl (C=O) groups is 2. The van der Waals surface area contributed by atoms with Crippen molar-refractivity contribution in [3.8, 4) is 0 Å². The number of ether oxygens (including phenoxy) is 2. The Morgan fingerprint density at radius 2 is 1.92 bits per heavy atom. The van der Waals surface area contributed by atoms with Gasteiger partial charge in [0.15, 0.2) is 0 Å². The Kier molecular flexibility index (Phi) is 5.65. The van der Waals surface area contributed by atoms with Crippen molar-refractivity contribution in [3.63, 3.8) is 0 Å². The molecule has 0 amide bonds. The Bertz CT molecular complexity index is 725. The third kappa shape index (κ3) is 5.11. The topological polar surface area (TPSA) is 68.4 Å². The summed E-state index contributed by atoms with van der Waals surface area (Å²) in [4.78, 5) is 26.7. The number of benzene rings is 1. The normalized spacial score (nSPS) is 11.5. The lowest BCUT2D eigenvalue weighted by Crippen LogP contribution is -2.23. The predicted octanol–water partition coefficient (Wildman–Crippen LogP) is 3.55. The SMILES string of the molecule is CCOC(=O)Cc1ccc2[nH]cc(CCC(=O)OC(C)(C)C)c2c1. The van der Waals surface area contributed by atoms with Gasteiger partial charge in [-0.15, -0.1) is 0 Å². The van der Waals surface area contributed by atoms with E-state index in [1.54, 1.807) is 6.92 Å². The fourth-order valence-corrected chi connectivity index (χ4v) is 2.55. The summed E-state index contributed by atoms with van der Waals surface area (Å²) in [5, 5.41) is 1.03. The lowest BCUT2D eigenvalue weighted by atomic mass is 10.0. The minimum absolute atomic E-state index is 0.209. The number of H-pyrrole nitrogens is 1. The summed E-state index contributed by atoms with van der Waals surface area (Å²) in [5.74, 6) is -0.442. The molecule has 0 saturated carbocycles. The van der Waals surface area contributed by atoms with Crippen LogP contribution < -0.4 is 0 Å². The lowest BCUT2D eigenvalue weighted by Gasteiger charge is -2.19. The molecule has 2 rings (SSSR count). The Morgan fingerprint density at radius 1 is 1.17 bits per heavy atom. The van der Waals surface area contributed by atoms with Gasteiger partial charge in [-0.1, -0.05) is 6.07 Å². The molecule has 24 heavy (non-hydrogen) atoms. The highest BCUT2D eigenvalue weighted by Crippen LogP contribution is 2.22. The fraction of sp³-hybridized carbons (Fsp3) is 0.474. The number of carbonyl (C=O) groups excluding carboxylic acids is 2. The molecule has 0 saturated heterocycles. The van der Waals surface area contributed by atoms with Crippen LogP contribution in [-0.2, 0) is 31.9 Å². The van der Waals surface area contributed by atoms with Crippen LogP contribution in [0.3, 0.4) is 0 Å². The van der Waals surface area contributed by atoms with Crippen molar-refractivity contribution in [3.05, 3.63) is 35.5 Å². The van der Waals surface area contributed by atoms with E-state index in [0.717, 1.165) is 22.0 Å². The van der Waals surface area contributed by atoms with E-state index in [1.807, 2.05) is 45.2 Å². The molecule has 0 atom stereocenters. The van der Waals surface area contributed by atoms with E-state index in [9.17, 15) is 9.59 Å². The number of fused-ring (bicyclic) bond motifs is 1. The largest absolute Gasteiger partial charge is 0.466 e. The molecule has 0 spiro atoms. The molecule has 5 heteroatoms. The summed E-state index contributed by atoms with van der Waals surface area (Å²) in [6.07, 6.45) is 3.08. The van der Waals surface area contributed by atoms with Crippen LogP contribution in [0, 0.1) is 0 Å². The second-order valence-corrected chi connectivity index (χ2v) is 6.76. The molecule has 1 aromatic heterocycles. The van der Waals surface area contributed by atoms with E-state index in [2.05, 4.69) is 4.98 Å².